The molecule has 0 radical (unpaired) electrons. The first-order valence-electron chi connectivity index (χ1n) is 12.1. The molecule has 0 saturated carbocycles. The van der Waals surface area contributed by atoms with Gasteiger partial charge in [-0.15, -0.1) is 0 Å². The average Bonchev–Trinajstić information content (AvgIpc) is 2.54. The van der Waals surface area contributed by atoms with Crippen molar-refractivity contribution in [3.63, 3.8) is 0 Å². The Bertz CT molecular complexity index is 537. The molecule has 0 atom stereocenters. The highest BCUT2D eigenvalue weighted by Crippen LogP contribution is 2.60. The second-order valence-electron chi connectivity index (χ2n) is 12.1. The van der Waals surface area contributed by atoms with Gasteiger partial charge in [-0.05, 0) is 83.1 Å². The molecule has 0 heterocycles. The number of hydrogen-bond acceptors (Lipinski definition) is 6. The fourth-order valence-corrected chi connectivity index (χ4v) is 11.6. The van der Waals surface area contributed by atoms with Crippen LogP contribution in [0.3, 0.4) is 0 Å². The summed E-state index contributed by atoms with van der Waals surface area (Å²) in [6.45, 7) is 33.0. The molecule has 32 heavy (non-hydrogen) atoms. The molecule has 0 unspecified atom stereocenters. The second kappa shape index (κ2) is 13.1. The normalized spacial score (nSPS) is 14.3. The number of carbonyl (C=O) groups excluding carboxylic acids is 1. The van der Waals surface area contributed by atoms with Crippen LogP contribution in [0.2, 0.25) is 0 Å². The van der Waals surface area contributed by atoms with Crippen LogP contribution in [0.5, 0.6) is 0 Å². The quantitative estimate of drug-likeness (QED) is 0.234. The summed E-state index contributed by atoms with van der Waals surface area (Å²) in [7, 11) is -0.541. The van der Waals surface area contributed by atoms with E-state index in [2.05, 4.69) is 92.4 Å². The molecule has 0 aliphatic heterocycles. The lowest BCUT2D eigenvalue weighted by Crippen LogP contribution is -2.43. The van der Waals surface area contributed by atoms with Crippen LogP contribution in [0, 0.1) is 5.41 Å². The summed E-state index contributed by atoms with van der Waals surface area (Å²) >= 11 is 3.44. The first kappa shape index (κ1) is 32.7. The second-order valence-corrected chi connectivity index (χ2v) is 16.8. The van der Waals surface area contributed by atoms with Gasteiger partial charge in [0.2, 0.25) is 0 Å². The average molecular weight is 509 g/mol. The van der Waals surface area contributed by atoms with Crippen LogP contribution < -0.4 is 0 Å². The molecule has 192 valence electrons. The van der Waals surface area contributed by atoms with Gasteiger partial charge in [0, 0.05) is 41.1 Å². The summed E-state index contributed by atoms with van der Waals surface area (Å²) in [4.78, 5) is 12.4. The topological polar surface area (TPSA) is 32.8 Å². The van der Waals surface area contributed by atoms with E-state index in [0.717, 1.165) is 5.75 Å². The fraction of sp³-hybridized carbons (Fsp3) is 0.960. The Hall–Kier alpha value is 0.680. The lowest BCUT2D eigenvalue weighted by molar-refractivity contribution is -0.118. The van der Waals surface area contributed by atoms with Crippen LogP contribution in [0.15, 0.2) is 0 Å². The summed E-state index contributed by atoms with van der Waals surface area (Å²) in [6, 6.07) is 1.92. The van der Waals surface area contributed by atoms with Gasteiger partial charge in [-0.3, -0.25) is 14.1 Å². The summed E-state index contributed by atoms with van der Waals surface area (Å²) in [5, 5.41) is 0.221. The molecule has 0 saturated heterocycles. The van der Waals surface area contributed by atoms with E-state index in [1.807, 2.05) is 32.2 Å². The molecule has 0 amide bonds. The molecule has 7 heteroatoms. The smallest absolute Gasteiger partial charge is 0.194 e. The monoisotopic (exact) mass is 508 g/mol. The van der Waals surface area contributed by atoms with E-state index in [-0.39, 0.29) is 21.7 Å². The molecule has 0 aromatic carbocycles. The van der Waals surface area contributed by atoms with E-state index in [1.165, 1.54) is 11.8 Å². The van der Waals surface area contributed by atoms with Gasteiger partial charge < -0.3 is 4.74 Å². The molecule has 0 aliphatic rings. The lowest BCUT2D eigenvalue weighted by Gasteiger charge is -2.47. The highest BCUT2D eigenvalue weighted by Gasteiger charge is 2.37. The Morgan fingerprint density at radius 3 is 1.38 bits per heavy atom. The SMILES string of the molecule is CC(C)N(C(C)C)P(SCC(C)(C)OC(C)(C)CSC(=O)C(C)(C)C)N(C(C)C)C(C)C. The number of hydrogen-bond donors (Lipinski definition) is 0. The van der Waals surface area contributed by atoms with E-state index in [4.69, 9.17) is 4.74 Å². The van der Waals surface area contributed by atoms with Crippen molar-refractivity contribution in [1.29, 1.82) is 0 Å². The zero-order valence-electron chi connectivity index (χ0n) is 23.7. The maximum absolute atomic E-state index is 12.4. The Labute approximate surface area is 210 Å². The van der Waals surface area contributed by atoms with Crippen molar-refractivity contribution in [2.75, 3.05) is 11.5 Å². The molecule has 0 aromatic heterocycles. The van der Waals surface area contributed by atoms with Crippen LogP contribution in [-0.4, -0.2) is 61.3 Å². The predicted octanol–water partition coefficient (Wildman–Crippen LogP) is 8.06. The first-order valence-corrected chi connectivity index (χ1v) is 15.9. The maximum Gasteiger partial charge on any atom is 0.194 e. The van der Waals surface area contributed by atoms with Crippen LogP contribution in [-0.2, 0) is 9.53 Å². The summed E-state index contributed by atoms with van der Waals surface area (Å²) in [5.41, 5.74) is -0.987. The van der Waals surface area contributed by atoms with E-state index >= 15 is 0 Å². The largest absolute Gasteiger partial charge is 0.368 e. The number of nitrogens with zero attached hydrogens (tertiary/aromatic N) is 2. The summed E-state index contributed by atoms with van der Waals surface area (Å²) in [6.07, 6.45) is 0. The number of thioether (sulfide) groups is 1. The van der Waals surface area contributed by atoms with Crippen molar-refractivity contribution in [2.45, 2.75) is 139 Å². The predicted molar refractivity (Wildman–Crippen MR) is 150 cm³/mol. The molecule has 0 aromatic rings. The minimum atomic E-state index is -0.541. The van der Waals surface area contributed by atoms with Gasteiger partial charge in [-0.2, -0.15) is 0 Å². The molecular formula is C25H53N2O2PS2. The van der Waals surface area contributed by atoms with E-state index in [0.29, 0.717) is 29.9 Å². The summed E-state index contributed by atoms with van der Waals surface area (Å²) < 4.78 is 12.0. The van der Waals surface area contributed by atoms with Gasteiger partial charge >= 0.3 is 0 Å². The van der Waals surface area contributed by atoms with Crippen molar-refractivity contribution >= 4 is 35.7 Å². The Morgan fingerprint density at radius 1 is 0.719 bits per heavy atom. The Kier molecular flexibility index (Phi) is 13.4. The van der Waals surface area contributed by atoms with Gasteiger partial charge in [0.1, 0.15) is 7.42 Å². The van der Waals surface area contributed by atoms with Crippen molar-refractivity contribution in [3.8, 4) is 0 Å². The van der Waals surface area contributed by atoms with Crippen LogP contribution >= 0.6 is 30.6 Å². The maximum atomic E-state index is 12.4. The molecule has 0 bridgehead atoms. The minimum Gasteiger partial charge on any atom is -0.368 e. The highest BCUT2D eigenvalue weighted by atomic mass is 32.7. The van der Waals surface area contributed by atoms with Crippen LogP contribution in [0.4, 0.5) is 0 Å². The Balaban J connectivity index is 5.49. The highest BCUT2D eigenvalue weighted by molar-refractivity contribution is 8.54. The number of carbonyl (C=O) groups is 1. The third kappa shape index (κ3) is 11.4. The van der Waals surface area contributed by atoms with Gasteiger partial charge in [-0.1, -0.05) is 43.9 Å². The van der Waals surface area contributed by atoms with E-state index < -0.39 is 7.42 Å². The minimum absolute atomic E-state index is 0.221. The zero-order chi connectivity index (χ0) is 25.7. The molecule has 0 N–H and O–H groups in total. The van der Waals surface area contributed by atoms with Crippen molar-refractivity contribution in [3.05, 3.63) is 0 Å². The number of ether oxygens (including phenoxy) is 1. The van der Waals surface area contributed by atoms with Gasteiger partial charge in [-0.25, -0.2) is 0 Å². The number of rotatable bonds is 13. The molecule has 0 fully saturated rings. The molecule has 0 spiro atoms. The van der Waals surface area contributed by atoms with Crippen LogP contribution in [0.1, 0.15) is 104 Å². The van der Waals surface area contributed by atoms with E-state index in [9.17, 15) is 4.79 Å². The molecular weight excluding hydrogens is 455 g/mol. The van der Waals surface area contributed by atoms with Gasteiger partial charge in [0.15, 0.2) is 5.12 Å². The van der Waals surface area contributed by atoms with Crippen molar-refractivity contribution < 1.29 is 9.53 Å². The lowest BCUT2D eigenvalue weighted by atomic mass is 10.00. The third-order valence-corrected chi connectivity index (χ3v) is 12.4. The van der Waals surface area contributed by atoms with Gasteiger partial charge in [0.05, 0.1) is 11.2 Å². The third-order valence-electron chi connectivity index (χ3n) is 4.75. The van der Waals surface area contributed by atoms with Crippen molar-refractivity contribution in [1.82, 2.24) is 9.34 Å². The van der Waals surface area contributed by atoms with E-state index in [1.54, 1.807) is 0 Å². The molecule has 4 nitrogen and oxygen atoms in total. The van der Waals surface area contributed by atoms with Gasteiger partial charge in [0.25, 0.3) is 0 Å². The molecule has 0 aliphatic carbocycles. The first-order chi connectivity index (χ1) is 14.2. The Morgan fingerprint density at radius 2 is 1.06 bits per heavy atom. The van der Waals surface area contributed by atoms with Crippen LogP contribution in [0.25, 0.3) is 0 Å². The van der Waals surface area contributed by atoms with Crippen molar-refractivity contribution in [2.24, 2.45) is 5.41 Å². The molecule has 0 rings (SSSR count). The zero-order valence-corrected chi connectivity index (χ0v) is 26.2. The fourth-order valence-electron chi connectivity index (χ4n) is 3.71. The summed E-state index contributed by atoms with van der Waals surface area (Å²) in [5.74, 6) is 1.58. The standard InChI is InChI=1S/C25H53N2O2PS2/c1-18(2)26(19(3)4)30(27(20(5)6)21(7)8)32-17-25(14,15)29-24(12,13)16-31-22(28)23(9,10)11/h18-21H,16-17H2,1-15H3.